The second-order valence-electron chi connectivity index (χ2n) is 6.57. The van der Waals surface area contributed by atoms with Gasteiger partial charge in [0, 0.05) is 37.4 Å². The number of nitrogens with one attached hydrogen (secondary N) is 1. The largest absolute Gasteiger partial charge is 0.322 e. The average molecular weight is 427 g/mol. The first-order valence-corrected chi connectivity index (χ1v) is 10.4. The van der Waals surface area contributed by atoms with E-state index in [0.29, 0.717) is 38.3 Å². The van der Waals surface area contributed by atoms with Crippen molar-refractivity contribution in [2.24, 2.45) is 0 Å². The quantitative estimate of drug-likeness (QED) is 0.745. The van der Waals surface area contributed by atoms with Crippen molar-refractivity contribution in [2.75, 3.05) is 38.0 Å². The van der Waals surface area contributed by atoms with Gasteiger partial charge in [-0.15, -0.1) is 0 Å². The van der Waals surface area contributed by atoms with Gasteiger partial charge in [-0.05, 0) is 36.9 Å². The molecule has 0 aliphatic carbocycles. The number of carbonyl (C=O) groups excluding carboxylic acids is 1. The summed E-state index contributed by atoms with van der Waals surface area (Å²) < 4.78 is 66.8. The third-order valence-corrected chi connectivity index (χ3v) is 6.65. The Bertz CT molecular complexity index is 999. The Kier molecular flexibility index (Phi) is 6.25. The van der Waals surface area contributed by atoms with E-state index in [1.54, 1.807) is 0 Å². The Hall–Kier alpha value is -2.43. The molecule has 1 heterocycles. The standard InChI is InChI=1S/C19H20F3N3O3S/c1-2-24-6-8-25(9-7-24)29(27,28)15-5-3-4-14(12-15)23-19(26)13-10-16(20)18(22)17(21)11-13/h3-5,10-12H,2,6-9H2,1H3,(H,23,26). The number of nitrogens with zero attached hydrogens (tertiary/aromatic N) is 2. The highest BCUT2D eigenvalue weighted by Crippen LogP contribution is 2.22. The third kappa shape index (κ3) is 4.60. The Morgan fingerprint density at radius 1 is 1.03 bits per heavy atom. The van der Waals surface area contributed by atoms with Gasteiger partial charge in [0.2, 0.25) is 10.0 Å². The molecule has 0 unspecified atom stereocenters. The number of likely N-dealkylation sites (N-methyl/N-ethyl adjacent to an activating group) is 1. The molecule has 1 aliphatic rings. The zero-order valence-corrected chi connectivity index (χ0v) is 16.5. The molecule has 0 aromatic heterocycles. The predicted molar refractivity (Wildman–Crippen MR) is 102 cm³/mol. The summed E-state index contributed by atoms with van der Waals surface area (Å²) in [6, 6.07) is 6.73. The lowest BCUT2D eigenvalue weighted by atomic mass is 10.2. The molecule has 29 heavy (non-hydrogen) atoms. The van der Waals surface area contributed by atoms with E-state index < -0.39 is 38.9 Å². The summed E-state index contributed by atoms with van der Waals surface area (Å²) in [5.74, 6) is -5.54. The molecule has 0 bridgehead atoms. The molecular formula is C19H20F3N3O3S. The fraction of sp³-hybridized carbons (Fsp3) is 0.316. The van der Waals surface area contributed by atoms with Crippen LogP contribution in [0, 0.1) is 17.5 Å². The molecule has 3 rings (SSSR count). The number of rotatable bonds is 5. The van der Waals surface area contributed by atoms with E-state index in [9.17, 15) is 26.4 Å². The summed E-state index contributed by atoms with van der Waals surface area (Å²) in [5, 5.41) is 2.38. The van der Waals surface area contributed by atoms with Crippen LogP contribution in [0.2, 0.25) is 0 Å². The predicted octanol–water partition coefficient (Wildman–Crippen LogP) is 2.68. The van der Waals surface area contributed by atoms with E-state index >= 15 is 0 Å². The molecule has 2 aromatic rings. The highest BCUT2D eigenvalue weighted by molar-refractivity contribution is 7.89. The number of sulfonamides is 1. The van der Waals surface area contributed by atoms with Crippen LogP contribution in [0.5, 0.6) is 0 Å². The van der Waals surface area contributed by atoms with E-state index in [-0.39, 0.29) is 10.6 Å². The monoisotopic (exact) mass is 427 g/mol. The van der Waals surface area contributed by atoms with Crippen LogP contribution in [-0.2, 0) is 10.0 Å². The summed E-state index contributed by atoms with van der Waals surface area (Å²) in [6.45, 7) is 4.85. The van der Waals surface area contributed by atoms with Gasteiger partial charge in [-0.1, -0.05) is 13.0 Å². The van der Waals surface area contributed by atoms with Crippen LogP contribution in [0.1, 0.15) is 17.3 Å². The fourth-order valence-corrected chi connectivity index (χ4v) is 4.53. The second-order valence-corrected chi connectivity index (χ2v) is 8.51. The number of carbonyl (C=O) groups is 1. The molecule has 0 saturated carbocycles. The molecule has 2 aromatic carbocycles. The molecule has 0 radical (unpaired) electrons. The summed E-state index contributed by atoms with van der Waals surface area (Å²) in [6.07, 6.45) is 0. The van der Waals surface area contributed by atoms with Gasteiger partial charge in [-0.25, -0.2) is 21.6 Å². The summed E-state index contributed by atoms with van der Waals surface area (Å²) >= 11 is 0. The van der Waals surface area contributed by atoms with Crippen LogP contribution in [0.4, 0.5) is 18.9 Å². The average Bonchev–Trinajstić information content (AvgIpc) is 2.71. The van der Waals surface area contributed by atoms with Crippen molar-refractivity contribution in [3.05, 3.63) is 59.4 Å². The zero-order valence-electron chi connectivity index (χ0n) is 15.7. The molecule has 1 saturated heterocycles. The second kappa shape index (κ2) is 8.52. The molecule has 1 aliphatic heterocycles. The maximum atomic E-state index is 13.3. The topological polar surface area (TPSA) is 69.7 Å². The van der Waals surface area contributed by atoms with Gasteiger partial charge >= 0.3 is 0 Å². The maximum absolute atomic E-state index is 13.3. The van der Waals surface area contributed by atoms with Crippen molar-refractivity contribution < 1.29 is 26.4 Å². The maximum Gasteiger partial charge on any atom is 0.255 e. The smallest absolute Gasteiger partial charge is 0.255 e. The van der Waals surface area contributed by atoms with Crippen LogP contribution in [-0.4, -0.2) is 56.3 Å². The summed E-state index contributed by atoms with van der Waals surface area (Å²) in [4.78, 5) is 14.4. The zero-order chi connectivity index (χ0) is 21.2. The molecule has 6 nitrogen and oxygen atoms in total. The number of piperazine rings is 1. The van der Waals surface area contributed by atoms with Crippen molar-refractivity contribution in [2.45, 2.75) is 11.8 Å². The van der Waals surface area contributed by atoms with E-state index in [1.165, 1.54) is 28.6 Å². The van der Waals surface area contributed by atoms with Crippen LogP contribution in [0.3, 0.4) is 0 Å². The van der Waals surface area contributed by atoms with Gasteiger partial charge in [-0.3, -0.25) is 4.79 Å². The highest BCUT2D eigenvalue weighted by Gasteiger charge is 2.28. The van der Waals surface area contributed by atoms with Crippen molar-refractivity contribution in [1.82, 2.24) is 9.21 Å². The molecule has 156 valence electrons. The summed E-state index contributed by atoms with van der Waals surface area (Å²) in [7, 11) is -3.75. The Morgan fingerprint density at radius 3 is 2.24 bits per heavy atom. The van der Waals surface area contributed by atoms with E-state index in [4.69, 9.17) is 0 Å². The van der Waals surface area contributed by atoms with Crippen LogP contribution in [0.25, 0.3) is 0 Å². The van der Waals surface area contributed by atoms with Gasteiger partial charge in [0.05, 0.1) is 4.90 Å². The minimum atomic E-state index is -3.75. The van der Waals surface area contributed by atoms with Gasteiger partial charge in [0.1, 0.15) is 0 Å². The van der Waals surface area contributed by atoms with Crippen molar-refractivity contribution in [1.29, 1.82) is 0 Å². The highest BCUT2D eigenvalue weighted by atomic mass is 32.2. The van der Waals surface area contributed by atoms with E-state index in [1.807, 2.05) is 6.92 Å². The van der Waals surface area contributed by atoms with Crippen molar-refractivity contribution in [3.63, 3.8) is 0 Å². The molecule has 1 amide bonds. The first-order valence-electron chi connectivity index (χ1n) is 9.01. The fourth-order valence-electron chi connectivity index (χ4n) is 3.06. The minimum absolute atomic E-state index is 0.00304. The van der Waals surface area contributed by atoms with E-state index in [2.05, 4.69) is 10.2 Å². The lowest BCUT2D eigenvalue weighted by Crippen LogP contribution is -2.48. The normalized spacial score (nSPS) is 16.0. The number of anilines is 1. The Balaban J connectivity index is 1.78. The third-order valence-electron chi connectivity index (χ3n) is 4.75. The number of hydrogen-bond acceptors (Lipinski definition) is 4. The SMILES string of the molecule is CCN1CCN(S(=O)(=O)c2cccc(NC(=O)c3cc(F)c(F)c(F)c3)c2)CC1. The molecule has 1 N–H and O–H groups in total. The molecule has 0 atom stereocenters. The first kappa shape index (κ1) is 21.3. The van der Waals surface area contributed by atoms with E-state index in [0.717, 1.165) is 6.54 Å². The number of benzene rings is 2. The van der Waals surface area contributed by atoms with Gasteiger partial charge in [0.25, 0.3) is 5.91 Å². The molecule has 1 fully saturated rings. The molecule has 0 spiro atoms. The van der Waals surface area contributed by atoms with Crippen molar-refractivity contribution in [3.8, 4) is 0 Å². The van der Waals surface area contributed by atoms with Gasteiger partial charge in [-0.2, -0.15) is 4.31 Å². The van der Waals surface area contributed by atoms with Crippen LogP contribution in [0.15, 0.2) is 41.3 Å². The van der Waals surface area contributed by atoms with Crippen molar-refractivity contribution >= 4 is 21.6 Å². The Labute approximate surface area is 167 Å². The van der Waals surface area contributed by atoms with Gasteiger partial charge < -0.3 is 10.2 Å². The molecular weight excluding hydrogens is 407 g/mol. The van der Waals surface area contributed by atoms with Crippen LogP contribution < -0.4 is 5.32 Å². The lowest BCUT2D eigenvalue weighted by Gasteiger charge is -2.33. The number of amides is 1. The minimum Gasteiger partial charge on any atom is -0.322 e. The Morgan fingerprint density at radius 2 is 1.66 bits per heavy atom. The molecule has 10 heteroatoms. The summed E-state index contributed by atoms with van der Waals surface area (Å²) in [5.41, 5.74) is -0.293. The van der Waals surface area contributed by atoms with Crippen LogP contribution >= 0.6 is 0 Å². The first-order chi connectivity index (χ1) is 13.7. The lowest BCUT2D eigenvalue weighted by molar-refractivity contribution is 0.102. The number of halogens is 3. The number of hydrogen-bond donors (Lipinski definition) is 1. The van der Waals surface area contributed by atoms with Gasteiger partial charge in [0.15, 0.2) is 17.5 Å².